The molecule has 1 atom stereocenters. The summed E-state index contributed by atoms with van der Waals surface area (Å²) < 4.78 is 11.2. The van der Waals surface area contributed by atoms with Crippen LogP contribution >= 0.6 is 11.6 Å². The van der Waals surface area contributed by atoms with Crippen LogP contribution in [0.5, 0.6) is 11.5 Å². The predicted octanol–water partition coefficient (Wildman–Crippen LogP) is 2.69. The molecule has 1 aromatic carbocycles. The Hall–Kier alpha value is -2.48. The standard InChI is InChI=1S/C19H22ClN3O5/c1-11(23-17(25)19(22-18(23)26)5-2-3-6-19)16(24)21-13-10-15-14(9-12(13)20)27-7-4-8-28-15/h9-11H,2-8H2,1H3,(H,21,24)(H,22,26). The second kappa shape index (κ2) is 7.16. The number of hydrogen-bond donors (Lipinski definition) is 2. The van der Waals surface area contributed by atoms with E-state index < -0.39 is 23.5 Å². The number of ether oxygens (including phenoxy) is 2. The summed E-state index contributed by atoms with van der Waals surface area (Å²) in [5, 5.41) is 5.77. The van der Waals surface area contributed by atoms with Crippen LogP contribution < -0.4 is 20.1 Å². The van der Waals surface area contributed by atoms with Crippen LogP contribution in [-0.4, -0.2) is 47.5 Å². The lowest BCUT2D eigenvalue weighted by Gasteiger charge is -2.24. The second-order valence-corrected chi connectivity index (χ2v) is 7.80. The first-order chi connectivity index (χ1) is 13.4. The van der Waals surface area contributed by atoms with Crippen LogP contribution in [0, 0.1) is 0 Å². The van der Waals surface area contributed by atoms with Gasteiger partial charge in [-0.15, -0.1) is 0 Å². The van der Waals surface area contributed by atoms with E-state index in [1.165, 1.54) is 6.92 Å². The number of halogens is 1. The molecule has 1 aliphatic carbocycles. The Morgan fingerprint density at radius 1 is 1.18 bits per heavy atom. The normalized spacial score (nSPS) is 21.4. The molecule has 2 heterocycles. The van der Waals surface area contributed by atoms with Gasteiger partial charge in [0.05, 0.1) is 23.9 Å². The van der Waals surface area contributed by atoms with Crippen LogP contribution in [-0.2, 0) is 9.59 Å². The van der Waals surface area contributed by atoms with E-state index in [2.05, 4.69) is 10.6 Å². The zero-order valence-corrected chi connectivity index (χ0v) is 16.3. The summed E-state index contributed by atoms with van der Waals surface area (Å²) in [6, 6.07) is 1.68. The number of hydrogen-bond acceptors (Lipinski definition) is 5. The van der Waals surface area contributed by atoms with Crippen molar-refractivity contribution in [2.75, 3.05) is 18.5 Å². The van der Waals surface area contributed by atoms with Gasteiger partial charge in [-0.05, 0) is 19.8 Å². The highest BCUT2D eigenvalue weighted by Gasteiger charge is 2.54. The number of fused-ring (bicyclic) bond motifs is 1. The Balaban J connectivity index is 1.51. The lowest BCUT2D eigenvalue weighted by molar-refractivity contribution is -0.136. The quantitative estimate of drug-likeness (QED) is 0.751. The predicted molar refractivity (Wildman–Crippen MR) is 102 cm³/mol. The van der Waals surface area contributed by atoms with Crippen molar-refractivity contribution in [2.24, 2.45) is 0 Å². The lowest BCUT2D eigenvalue weighted by Crippen LogP contribution is -2.48. The zero-order chi connectivity index (χ0) is 19.9. The fourth-order valence-corrected chi connectivity index (χ4v) is 4.15. The summed E-state index contributed by atoms with van der Waals surface area (Å²) in [5.74, 6) is 0.174. The average molecular weight is 408 g/mol. The monoisotopic (exact) mass is 407 g/mol. The maximum Gasteiger partial charge on any atom is 0.325 e. The van der Waals surface area contributed by atoms with Crippen molar-refractivity contribution < 1.29 is 23.9 Å². The summed E-state index contributed by atoms with van der Waals surface area (Å²) in [6.45, 7) is 2.56. The van der Waals surface area contributed by atoms with Gasteiger partial charge in [0.2, 0.25) is 5.91 Å². The van der Waals surface area contributed by atoms with Crippen molar-refractivity contribution in [1.82, 2.24) is 10.2 Å². The topological polar surface area (TPSA) is 97.0 Å². The maximum atomic E-state index is 12.8. The molecule has 4 amide bonds. The third-order valence-electron chi connectivity index (χ3n) is 5.51. The highest BCUT2D eigenvalue weighted by molar-refractivity contribution is 6.34. The van der Waals surface area contributed by atoms with Crippen LogP contribution in [0.15, 0.2) is 12.1 Å². The number of imide groups is 1. The van der Waals surface area contributed by atoms with E-state index in [9.17, 15) is 14.4 Å². The number of nitrogens with one attached hydrogen (secondary N) is 2. The average Bonchev–Trinajstić information content (AvgIpc) is 3.13. The van der Waals surface area contributed by atoms with Gasteiger partial charge in [-0.3, -0.25) is 9.59 Å². The van der Waals surface area contributed by atoms with Gasteiger partial charge < -0.3 is 20.1 Å². The molecule has 0 aromatic heterocycles. The molecule has 150 valence electrons. The summed E-state index contributed by atoms with van der Waals surface area (Å²) in [4.78, 5) is 39.0. The van der Waals surface area contributed by atoms with E-state index in [1.807, 2.05) is 0 Å². The van der Waals surface area contributed by atoms with Crippen LogP contribution in [0.3, 0.4) is 0 Å². The zero-order valence-electron chi connectivity index (χ0n) is 15.5. The minimum absolute atomic E-state index is 0.286. The third-order valence-corrected chi connectivity index (χ3v) is 5.82. The molecule has 2 N–H and O–H groups in total. The molecular weight excluding hydrogens is 386 g/mol. The largest absolute Gasteiger partial charge is 0.490 e. The van der Waals surface area contributed by atoms with Crippen molar-refractivity contribution in [2.45, 2.75) is 50.6 Å². The van der Waals surface area contributed by atoms with E-state index in [4.69, 9.17) is 21.1 Å². The van der Waals surface area contributed by atoms with E-state index in [-0.39, 0.29) is 10.9 Å². The number of urea groups is 1. The summed E-state index contributed by atoms with van der Waals surface area (Å²) in [5.41, 5.74) is -0.510. The first kappa shape index (κ1) is 18.9. The summed E-state index contributed by atoms with van der Waals surface area (Å²) in [7, 11) is 0. The summed E-state index contributed by atoms with van der Waals surface area (Å²) >= 11 is 6.27. The van der Waals surface area contributed by atoms with Crippen LogP contribution in [0.2, 0.25) is 5.02 Å². The van der Waals surface area contributed by atoms with Gasteiger partial charge in [0.25, 0.3) is 5.91 Å². The molecule has 2 fully saturated rings. The van der Waals surface area contributed by atoms with E-state index in [0.29, 0.717) is 43.2 Å². The van der Waals surface area contributed by atoms with Crippen LogP contribution in [0.1, 0.15) is 39.0 Å². The molecule has 28 heavy (non-hydrogen) atoms. The van der Waals surface area contributed by atoms with Crippen molar-refractivity contribution in [3.63, 3.8) is 0 Å². The molecule has 1 saturated carbocycles. The van der Waals surface area contributed by atoms with E-state index >= 15 is 0 Å². The molecule has 1 saturated heterocycles. The molecule has 2 aliphatic heterocycles. The molecule has 1 spiro atoms. The Morgan fingerprint density at radius 3 is 2.50 bits per heavy atom. The van der Waals surface area contributed by atoms with Crippen molar-refractivity contribution in [3.05, 3.63) is 17.2 Å². The van der Waals surface area contributed by atoms with Gasteiger partial charge >= 0.3 is 6.03 Å². The number of benzene rings is 1. The Kier molecular flexibility index (Phi) is 4.82. The highest BCUT2D eigenvalue weighted by Crippen LogP contribution is 2.38. The number of nitrogens with zero attached hydrogens (tertiary/aromatic N) is 1. The van der Waals surface area contributed by atoms with Gasteiger partial charge in [0.1, 0.15) is 11.6 Å². The first-order valence-electron chi connectivity index (χ1n) is 9.47. The van der Waals surface area contributed by atoms with Gasteiger partial charge in [-0.1, -0.05) is 24.4 Å². The van der Waals surface area contributed by atoms with Crippen LogP contribution in [0.25, 0.3) is 0 Å². The van der Waals surface area contributed by atoms with Gasteiger partial charge in [0, 0.05) is 18.6 Å². The molecule has 3 aliphatic rings. The Labute approximate surface area is 167 Å². The number of rotatable bonds is 3. The first-order valence-corrected chi connectivity index (χ1v) is 9.85. The number of carbonyl (C=O) groups is 3. The van der Waals surface area contributed by atoms with E-state index in [1.54, 1.807) is 12.1 Å². The van der Waals surface area contributed by atoms with E-state index in [0.717, 1.165) is 24.2 Å². The second-order valence-electron chi connectivity index (χ2n) is 7.39. The molecule has 0 radical (unpaired) electrons. The fraction of sp³-hybridized carbons (Fsp3) is 0.526. The minimum atomic E-state index is -0.973. The third kappa shape index (κ3) is 3.15. The molecule has 8 nitrogen and oxygen atoms in total. The van der Waals surface area contributed by atoms with Crippen LogP contribution in [0.4, 0.5) is 10.5 Å². The highest BCUT2D eigenvalue weighted by atomic mass is 35.5. The summed E-state index contributed by atoms with van der Waals surface area (Å²) in [6.07, 6.45) is 3.73. The molecular formula is C19H22ClN3O5. The maximum absolute atomic E-state index is 12.8. The molecule has 9 heteroatoms. The van der Waals surface area contributed by atoms with Crippen molar-refractivity contribution in [1.29, 1.82) is 0 Å². The van der Waals surface area contributed by atoms with Crippen molar-refractivity contribution in [3.8, 4) is 11.5 Å². The van der Waals surface area contributed by atoms with Gasteiger partial charge in [-0.25, -0.2) is 9.69 Å². The fourth-order valence-electron chi connectivity index (χ4n) is 3.94. The number of amides is 4. The van der Waals surface area contributed by atoms with Gasteiger partial charge in [-0.2, -0.15) is 0 Å². The minimum Gasteiger partial charge on any atom is -0.490 e. The Bertz CT molecular complexity index is 837. The lowest BCUT2D eigenvalue weighted by atomic mass is 9.97. The molecule has 0 bridgehead atoms. The van der Waals surface area contributed by atoms with Gasteiger partial charge in [0.15, 0.2) is 11.5 Å². The number of carbonyl (C=O) groups excluding carboxylic acids is 3. The smallest absolute Gasteiger partial charge is 0.325 e. The number of anilines is 1. The molecule has 1 aromatic rings. The SMILES string of the molecule is CC(C(=O)Nc1cc2c(cc1Cl)OCCCO2)N1C(=O)NC2(CCCC2)C1=O. The van der Waals surface area contributed by atoms with Crippen molar-refractivity contribution >= 4 is 35.1 Å². The Morgan fingerprint density at radius 2 is 1.82 bits per heavy atom. The molecule has 4 rings (SSSR count). The molecule has 1 unspecified atom stereocenters.